The Balaban J connectivity index is 1.33. The Morgan fingerprint density at radius 2 is 1.96 bits per heavy atom. The molecule has 0 bridgehead atoms. The molecule has 0 atom stereocenters. The summed E-state index contributed by atoms with van der Waals surface area (Å²) in [6, 6.07) is 6.08. The number of aryl methyl sites for hydroxylation is 1. The summed E-state index contributed by atoms with van der Waals surface area (Å²) in [7, 11) is 0. The molecule has 0 radical (unpaired) electrons. The van der Waals surface area contributed by atoms with Gasteiger partial charge in [-0.3, -0.25) is 0 Å². The van der Waals surface area contributed by atoms with Crippen LogP contribution >= 0.6 is 0 Å². The molecule has 0 spiro atoms. The van der Waals surface area contributed by atoms with Crippen molar-refractivity contribution in [1.82, 2.24) is 30.0 Å². The van der Waals surface area contributed by atoms with Gasteiger partial charge in [-0.05, 0) is 38.0 Å². The van der Waals surface area contributed by atoms with Crippen LogP contribution in [0.15, 0.2) is 18.2 Å². The van der Waals surface area contributed by atoms with Gasteiger partial charge in [0.25, 0.3) is 0 Å². The molecule has 26 heavy (non-hydrogen) atoms. The molecule has 0 saturated carbocycles. The van der Waals surface area contributed by atoms with Crippen LogP contribution < -0.4 is 4.90 Å². The van der Waals surface area contributed by atoms with Gasteiger partial charge < -0.3 is 9.64 Å². The number of piperidine rings is 1. The van der Waals surface area contributed by atoms with Crippen LogP contribution in [0.5, 0.6) is 0 Å². The Kier molecular flexibility index (Phi) is 3.77. The van der Waals surface area contributed by atoms with E-state index in [0.717, 1.165) is 67.6 Å². The van der Waals surface area contributed by atoms with E-state index in [1.807, 2.05) is 23.6 Å². The van der Waals surface area contributed by atoms with Gasteiger partial charge in [-0.15, -0.1) is 15.3 Å². The first-order chi connectivity index (χ1) is 12.8. The van der Waals surface area contributed by atoms with Gasteiger partial charge in [-0.25, -0.2) is 0 Å². The highest BCUT2D eigenvalue weighted by Crippen LogP contribution is 2.29. The van der Waals surface area contributed by atoms with E-state index in [2.05, 4.69) is 36.5 Å². The standard InChI is InChI=1S/C18H21N7O/c1-12-2-3-16-20-22-18(25(16)23-12)13-4-7-24(8-5-13)17-10-14-11-26-9-6-15(14)19-21-17/h2-3,10,13H,4-9,11H2,1H3. The lowest BCUT2D eigenvalue weighted by Gasteiger charge is -2.32. The number of nitrogens with zero attached hydrogens (tertiary/aromatic N) is 7. The maximum atomic E-state index is 5.54. The zero-order valence-electron chi connectivity index (χ0n) is 14.8. The smallest absolute Gasteiger partial charge is 0.177 e. The summed E-state index contributed by atoms with van der Waals surface area (Å²) in [5.41, 5.74) is 4.04. The summed E-state index contributed by atoms with van der Waals surface area (Å²) in [6.07, 6.45) is 2.87. The molecule has 0 aliphatic carbocycles. The van der Waals surface area contributed by atoms with Gasteiger partial charge in [0.1, 0.15) is 0 Å². The highest BCUT2D eigenvalue weighted by molar-refractivity contribution is 5.43. The van der Waals surface area contributed by atoms with E-state index in [1.165, 1.54) is 5.56 Å². The minimum atomic E-state index is 0.365. The first kappa shape index (κ1) is 15.6. The van der Waals surface area contributed by atoms with Crippen LogP contribution in [-0.4, -0.2) is 49.7 Å². The molecule has 2 aliphatic rings. The van der Waals surface area contributed by atoms with Crippen LogP contribution in [0, 0.1) is 6.92 Å². The van der Waals surface area contributed by atoms with E-state index < -0.39 is 0 Å². The second kappa shape index (κ2) is 6.28. The van der Waals surface area contributed by atoms with E-state index in [-0.39, 0.29) is 0 Å². The maximum absolute atomic E-state index is 5.54. The van der Waals surface area contributed by atoms with Gasteiger partial charge in [-0.2, -0.15) is 14.7 Å². The third-order valence-electron chi connectivity index (χ3n) is 5.29. The quantitative estimate of drug-likeness (QED) is 0.695. The molecule has 2 aliphatic heterocycles. The minimum Gasteiger partial charge on any atom is -0.376 e. The van der Waals surface area contributed by atoms with Gasteiger partial charge >= 0.3 is 0 Å². The van der Waals surface area contributed by atoms with E-state index in [0.29, 0.717) is 12.5 Å². The highest BCUT2D eigenvalue weighted by atomic mass is 16.5. The van der Waals surface area contributed by atoms with E-state index in [4.69, 9.17) is 4.74 Å². The normalized spacial score (nSPS) is 18.3. The molecular weight excluding hydrogens is 330 g/mol. The third-order valence-corrected chi connectivity index (χ3v) is 5.29. The summed E-state index contributed by atoms with van der Waals surface area (Å²) in [5, 5.41) is 22.1. The first-order valence-electron chi connectivity index (χ1n) is 9.15. The molecule has 0 unspecified atom stereocenters. The number of ether oxygens (including phenoxy) is 1. The molecule has 0 amide bonds. The van der Waals surface area contributed by atoms with Crippen LogP contribution in [0.25, 0.3) is 5.65 Å². The second-order valence-electron chi connectivity index (χ2n) is 7.04. The van der Waals surface area contributed by atoms with Crippen molar-refractivity contribution in [2.45, 2.75) is 38.7 Å². The molecule has 8 nitrogen and oxygen atoms in total. The lowest BCUT2D eigenvalue weighted by atomic mass is 9.96. The Morgan fingerprint density at radius 3 is 2.85 bits per heavy atom. The molecular formula is C18H21N7O. The van der Waals surface area contributed by atoms with Gasteiger partial charge in [0.15, 0.2) is 17.3 Å². The number of rotatable bonds is 2. The number of aromatic nitrogens is 6. The summed E-state index contributed by atoms with van der Waals surface area (Å²) in [5.74, 6) is 2.28. The van der Waals surface area contributed by atoms with Crippen molar-refractivity contribution in [2.75, 3.05) is 24.6 Å². The molecule has 5 rings (SSSR count). The highest BCUT2D eigenvalue weighted by Gasteiger charge is 2.26. The van der Waals surface area contributed by atoms with E-state index >= 15 is 0 Å². The molecule has 1 fully saturated rings. The zero-order valence-corrected chi connectivity index (χ0v) is 14.8. The van der Waals surface area contributed by atoms with Crippen LogP contribution in [-0.2, 0) is 17.8 Å². The van der Waals surface area contributed by atoms with Gasteiger partial charge in [0.05, 0.1) is 24.6 Å². The molecule has 134 valence electrons. The average molecular weight is 351 g/mol. The van der Waals surface area contributed by atoms with Crippen molar-refractivity contribution in [2.24, 2.45) is 0 Å². The van der Waals surface area contributed by atoms with E-state index in [9.17, 15) is 0 Å². The maximum Gasteiger partial charge on any atom is 0.177 e. The van der Waals surface area contributed by atoms with Gasteiger partial charge in [0, 0.05) is 31.0 Å². The molecule has 0 aromatic carbocycles. The molecule has 8 heteroatoms. The van der Waals surface area contributed by atoms with E-state index in [1.54, 1.807) is 0 Å². The van der Waals surface area contributed by atoms with Crippen LogP contribution in [0.4, 0.5) is 5.82 Å². The van der Waals surface area contributed by atoms with Gasteiger partial charge in [0.2, 0.25) is 0 Å². The Hall–Kier alpha value is -2.61. The predicted octanol–water partition coefficient (Wildman–Crippen LogP) is 1.68. The molecule has 5 heterocycles. The summed E-state index contributed by atoms with van der Waals surface area (Å²) in [6.45, 7) is 5.24. The number of fused-ring (bicyclic) bond motifs is 2. The van der Waals surface area contributed by atoms with Crippen molar-refractivity contribution in [3.05, 3.63) is 41.0 Å². The third kappa shape index (κ3) is 2.70. The fraction of sp³-hybridized carbons (Fsp3) is 0.500. The Morgan fingerprint density at radius 1 is 1.08 bits per heavy atom. The Labute approximate surface area is 151 Å². The summed E-state index contributed by atoms with van der Waals surface area (Å²) < 4.78 is 7.44. The van der Waals surface area contributed by atoms with Crippen molar-refractivity contribution in [3.63, 3.8) is 0 Å². The molecule has 1 saturated heterocycles. The minimum absolute atomic E-state index is 0.365. The lowest BCUT2D eigenvalue weighted by molar-refractivity contribution is 0.109. The molecule has 0 N–H and O–H groups in total. The van der Waals surface area contributed by atoms with Crippen molar-refractivity contribution in [3.8, 4) is 0 Å². The number of anilines is 1. The largest absolute Gasteiger partial charge is 0.376 e. The van der Waals surface area contributed by atoms with Crippen molar-refractivity contribution < 1.29 is 4.74 Å². The first-order valence-corrected chi connectivity index (χ1v) is 9.15. The fourth-order valence-electron chi connectivity index (χ4n) is 3.80. The predicted molar refractivity (Wildman–Crippen MR) is 95.1 cm³/mol. The average Bonchev–Trinajstić information content (AvgIpc) is 3.11. The summed E-state index contributed by atoms with van der Waals surface area (Å²) >= 11 is 0. The van der Waals surface area contributed by atoms with Crippen LogP contribution in [0.2, 0.25) is 0 Å². The Bertz CT molecular complexity index is 946. The SMILES string of the molecule is Cc1ccc2nnc(C3CCN(c4cc5c(nn4)CCOC5)CC3)n2n1. The number of hydrogen-bond acceptors (Lipinski definition) is 7. The van der Waals surface area contributed by atoms with Crippen molar-refractivity contribution >= 4 is 11.5 Å². The summed E-state index contributed by atoms with van der Waals surface area (Å²) in [4.78, 5) is 2.31. The van der Waals surface area contributed by atoms with Crippen LogP contribution in [0.1, 0.15) is 41.5 Å². The van der Waals surface area contributed by atoms with Crippen molar-refractivity contribution in [1.29, 1.82) is 0 Å². The lowest BCUT2D eigenvalue weighted by Crippen LogP contribution is -2.34. The fourth-order valence-corrected chi connectivity index (χ4v) is 3.80. The van der Waals surface area contributed by atoms with Gasteiger partial charge in [-0.1, -0.05) is 0 Å². The van der Waals surface area contributed by atoms with Crippen LogP contribution in [0.3, 0.4) is 0 Å². The zero-order chi connectivity index (χ0) is 17.5. The monoisotopic (exact) mass is 351 g/mol. The second-order valence-corrected chi connectivity index (χ2v) is 7.04. The topological polar surface area (TPSA) is 81.3 Å². The molecule has 3 aromatic rings. The number of hydrogen-bond donors (Lipinski definition) is 0. The molecule has 3 aromatic heterocycles.